The molecule has 0 unspecified atom stereocenters. The minimum absolute atomic E-state index is 0.162. The maximum atomic E-state index is 11.5. The lowest BCUT2D eigenvalue weighted by Crippen LogP contribution is -2.25. The van der Waals surface area contributed by atoms with Gasteiger partial charge in [0.1, 0.15) is 11.0 Å². The summed E-state index contributed by atoms with van der Waals surface area (Å²) in [6, 6.07) is 3.47. The molecule has 7 heteroatoms. The minimum Gasteiger partial charge on any atom is -0.322 e. The van der Waals surface area contributed by atoms with Crippen molar-refractivity contribution in [3.05, 3.63) is 17.2 Å². The number of hydrogen-bond donors (Lipinski definition) is 2. The number of hydrogen-bond acceptors (Lipinski definition) is 5. The van der Waals surface area contributed by atoms with Crippen molar-refractivity contribution < 1.29 is 4.79 Å². The summed E-state index contributed by atoms with van der Waals surface area (Å²) < 4.78 is 8.18. The van der Waals surface area contributed by atoms with Gasteiger partial charge in [0, 0.05) is 0 Å². The molecule has 1 aromatic carbocycles. The van der Waals surface area contributed by atoms with Gasteiger partial charge in [-0.3, -0.25) is 4.79 Å². The molecular weight excluding hydrogens is 248 g/mol. The van der Waals surface area contributed by atoms with Crippen molar-refractivity contribution in [1.82, 2.24) is 14.1 Å². The molecule has 0 spiro atoms. The van der Waals surface area contributed by atoms with Gasteiger partial charge in [-0.2, -0.15) is 8.75 Å². The van der Waals surface area contributed by atoms with Crippen molar-refractivity contribution in [2.24, 2.45) is 0 Å². The summed E-state index contributed by atoms with van der Waals surface area (Å²) in [4.78, 5) is 11.5. The summed E-state index contributed by atoms with van der Waals surface area (Å²) in [5.74, 6) is -0.162. The fourth-order valence-electron chi connectivity index (χ4n) is 1.29. The van der Waals surface area contributed by atoms with Gasteiger partial charge in [0.25, 0.3) is 0 Å². The molecule has 1 amide bonds. The van der Waals surface area contributed by atoms with Crippen LogP contribution in [0, 0.1) is 0 Å². The van der Waals surface area contributed by atoms with Crippen LogP contribution in [-0.4, -0.2) is 28.2 Å². The van der Waals surface area contributed by atoms with Crippen LogP contribution in [-0.2, 0) is 4.79 Å². The Morgan fingerprint density at radius 2 is 2.31 bits per heavy atom. The van der Waals surface area contributed by atoms with E-state index in [1.54, 1.807) is 19.2 Å². The maximum Gasteiger partial charge on any atom is 0.238 e. The summed E-state index contributed by atoms with van der Waals surface area (Å²) in [7, 11) is 1.70. The van der Waals surface area contributed by atoms with Crippen LogP contribution in [0.1, 0.15) is 0 Å². The van der Waals surface area contributed by atoms with E-state index in [1.165, 1.54) is 0 Å². The Hall–Kier alpha value is -1.24. The number of aromatic nitrogens is 2. The van der Waals surface area contributed by atoms with E-state index in [0.29, 0.717) is 16.2 Å². The molecule has 5 nitrogen and oxygen atoms in total. The van der Waals surface area contributed by atoms with Crippen LogP contribution < -0.4 is 10.6 Å². The molecule has 0 aliphatic carbocycles. The fourth-order valence-corrected chi connectivity index (χ4v) is 2.03. The number of anilines is 1. The summed E-state index contributed by atoms with van der Waals surface area (Å²) in [5.41, 5.74) is 1.88. The number of carbonyl (C=O) groups is 1. The molecule has 2 aromatic rings. The van der Waals surface area contributed by atoms with Gasteiger partial charge < -0.3 is 10.6 Å². The SMILES string of the molecule is CNCC(=O)Nc1c(Cl)ccc2nsnc12. The lowest BCUT2D eigenvalue weighted by atomic mass is 10.2. The predicted molar refractivity (Wildman–Crippen MR) is 65.0 cm³/mol. The molecule has 2 N–H and O–H groups in total. The van der Waals surface area contributed by atoms with Gasteiger partial charge in [-0.15, -0.1) is 0 Å². The number of benzene rings is 1. The van der Waals surface area contributed by atoms with Crippen molar-refractivity contribution in [3.63, 3.8) is 0 Å². The number of likely N-dealkylation sites (N-methyl/N-ethyl adjacent to an activating group) is 1. The second-order valence-electron chi connectivity index (χ2n) is 3.13. The largest absolute Gasteiger partial charge is 0.322 e. The first-order valence-corrected chi connectivity index (χ1v) is 5.68. The highest BCUT2D eigenvalue weighted by atomic mass is 35.5. The van der Waals surface area contributed by atoms with Crippen LogP contribution in [0.3, 0.4) is 0 Å². The van der Waals surface area contributed by atoms with E-state index in [9.17, 15) is 4.79 Å². The van der Waals surface area contributed by atoms with Crippen molar-refractivity contribution in [1.29, 1.82) is 0 Å². The highest BCUT2D eigenvalue weighted by Gasteiger charge is 2.12. The Labute approximate surface area is 101 Å². The third-order valence-corrected chi connectivity index (χ3v) is 2.84. The summed E-state index contributed by atoms with van der Waals surface area (Å²) >= 11 is 7.10. The highest BCUT2D eigenvalue weighted by molar-refractivity contribution is 7.00. The van der Waals surface area contributed by atoms with E-state index < -0.39 is 0 Å². The predicted octanol–water partition coefficient (Wildman–Crippen LogP) is 1.50. The van der Waals surface area contributed by atoms with E-state index in [1.807, 2.05) is 0 Å². The van der Waals surface area contributed by atoms with Gasteiger partial charge in [0.15, 0.2) is 0 Å². The zero-order valence-electron chi connectivity index (χ0n) is 8.45. The molecule has 0 aliphatic heterocycles. The maximum absolute atomic E-state index is 11.5. The number of nitrogens with zero attached hydrogens (tertiary/aromatic N) is 2. The number of halogens is 1. The van der Waals surface area contributed by atoms with Crippen LogP contribution in [0.15, 0.2) is 12.1 Å². The third kappa shape index (κ3) is 2.13. The number of nitrogens with one attached hydrogen (secondary N) is 2. The van der Waals surface area contributed by atoms with Crippen LogP contribution in [0.2, 0.25) is 5.02 Å². The normalized spacial score (nSPS) is 10.6. The Morgan fingerprint density at radius 1 is 1.50 bits per heavy atom. The number of carbonyl (C=O) groups excluding carboxylic acids is 1. The molecular formula is C9H9ClN4OS. The van der Waals surface area contributed by atoms with Gasteiger partial charge in [-0.25, -0.2) is 0 Å². The molecule has 0 saturated carbocycles. The average molecular weight is 257 g/mol. The van der Waals surface area contributed by atoms with E-state index >= 15 is 0 Å². The van der Waals surface area contributed by atoms with Gasteiger partial charge in [-0.05, 0) is 19.2 Å². The topological polar surface area (TPSA) is 66.9 Å². The van der Waals surface area contributed by atoms with Crippen molar-refractivity contribution in [2.75, 3.05) is 18.9 Å². The lowest BCUT2D eigenvalue weighted by Gasteiger charge is -2.06. The zero-order chi connectivity index (χ0) is 11.5. The molecule has 0 bridgehead atoms. The van der Waals surface area contributed by atoms with Crippen LogP contribution in [0.5, 0.6) is 0 Å². The lowest BCUT2D eigenvalue weighted by molar-refractivity contribution is -0.115. The molecule has 0 saturated heterocycles. The van der Waals surface area contributed by atoms with Crippen molar-refractivity contribution in [2.45, 2.75) is 0 Å². The molecule has 2 rings (SSSR count). The second kappa shape index (κ2) is 4.73. The molecule has 0 aliphatic rings. The van der Waals surface area contributed by atoms with E-state index in [4.69, 9.17) is 11.6 Å². The first-order chi connectivity index (χ1) is 7.72. The summed E-state index contributed by atoms with van der Waals surface area (Å²) in [6.07, 6.45) is 0. The van der Waals surface area contributed by atoms with Crippen LogP contribution in [0.25, 0.3) is 11.0 Å². The van der Waals surface area contributed by atoms with Crippen molar-refractivity contribution >= 4 is 46.0 Å². The van der Waals surface area contributed by atoms with E-state index in [2.05, 4.69) is 19.4 Å². The Bertz CT molecular complexity index is 527. The second-order valence-corrected chi connectivity index (χ2v) is 4.07. The van der Waals surface area contributed by atoms with Gasteiger partial charge >= 0.3 is 0 Å². The van der Waals surface area contributed by atoms with Crippen LogP contribution in [0.4, 0.5) is 5.69 Å². The summed E-state index contributed by atoms with van der Waals surface area (Å²) in [5, 5.41) is 5.93. The molecule has 0 radical (unpaired) electrons. The monoisotopic (exact) mass is 256 g/mol. The Balaban J connectivity index is 2.38. The molecule has 0 fully saturated rings. The number of rotatable bonds is 3. The standard InChI is InChI=1S/C9H9ClN4OS/c1-11-4-7(15)12-8-5(10)2-3-6-9(8)14-16-13-6/h2-3,11H,4H2,1H3,(H,12,15). The van der Waals surface area contributed by atoms with Crippen LogP contribution >= 0.6 is 23.3 Å². The zero-order valence-corrected chi connectivity index (χ0v) is 10.0. The van der Waals surface area contributed by atoms with E-state index in [-0.39, 0.29) is 12.5 Å². The number of amides is 1. The van der Waals surface area contributed by atoms with Crippen molar-refractivity contribution in [3.8, 4) is 0 Å². The number of fused-ring (bicyclic) bond motifs is 1. The Kier molecular flexibility index (Phi) is 3.33. The quantitative estimate of drug-likeness (QED) is 0.874. The third-order valence-electron chi connectivity index (χ3n) is 1.98. The fraction of sp³-hybridized carbons (Fsp3) is 0.222. The molecule has 84 valence electrons. The van der Waals surface area contributed by atoms with Gasteiger partial charge in [-0.1, -0.05) is 11.6 Å². The molecule has 1 aromatic heterocycles. The van der Waals surface area contributed by atoms with E-state index in [0.717, 1.165) is 17.2 Å². The van der Waals surface area contributed by atoms with Gasteiger partial charge in [0.2, 0.25) is 5.91 Å². The Morgan fingerprint density at radius 3 is 3.06 bits per heavy atom. The first-order valence-electron chi connectivity index (χ1n) is 4.57. The smallest absolute Gasteiger partial charge is 0.238 e. The van der Waals surface area contributed by atoms with Gasteiger partial charge in [0.05, 0.1) is 29.0 Å². The summed E-state index contributed by atoms with van der Waals surface area (Å²) in [6.45, 7) is 0.226. The highest BCUT2D eigenvalue weighted by Crippen LogP contribution is 2.29. The first kappa shape index (κ1) is 11.3. The molecule has 0 atom stereocenters. The average Bonchev–Trinajstić information content (AvgIpc) is 2.71. The molecule has 1 heterocycles. The minimum atomic E-state index is -0.162. The molecule has 16 heavy (non-hydrogen) atoms.